The van der Waals surface area contributed by atoms with Crippen molar-refractivity contribution in [2.24, 2.45) is 4.99 Å². The van der Waals surface area contributed by atoms with E-state index in [0.29, 0.717) is 48.4 Å². The van der Waals surface area contributed by atoms with Gasteiger partial charge in [0.05, 0.1) is 40.0 Å². The molecule has 36 heavy (non-hydrogen) atoms. The summed E-state index contributed by atoms with van der Waals surface area (Å²) in [5.74, 6) is 0.290. The highest BCUT2D eigenvalue weighted by Crippen LogP contribution is 2.35. The molecule has 0 bridgehead atoms. The first-order valence-corrected chi connectivity index (χ1v) is 12.9. The van der Waals surface area contributed by atoms with Gasteiger partial charge in [-0.15, -0.1) is 6.58 Å². The van der Waals surface area contributed by atoms with Gasteiger partial charge in [0.2, 0.25) is 0 Å². The van der Waals surface area contributed by atoms with Gasteiger partial charge >= 0.3 is 5.97 Å². The third-order valence-corrected chi connectivity index (χ3v) is 7.38. The van der Waals surface area contributed by atoms with E-state index in [9.17, 15) is 14.7 Å². The molecule has 0 saturated carbocycles. The van der Waals surface area contributed by atoms with Crippen molar-refractivity contribution in [3.05, 3.63) is 101 Å². The maximum atomic E-state index is 13.7. The summed E-state index contributed by atoms with van der Waals surface area (Å²) >= 11 is 4.76. The lowest BCUT2D eigenvalue weighted by Crippen LogP contribution is -2.40. The number of esters is 1. The molecule has 9 heteroatoms. The zero-order valence-corrected chi connectivity index (χ0v) is 22.5. The van der Waals surface area contributed by atoms with E-state index in [2.05, 4.69) is 27.5 Å². The van der Waals surface area contributed by atoms with E-state index in [1.54, 1.807) is 51.3 Å². The number of aromatic nitrogens is 1. The Morgan fingerprint density at radius 3 is 2.75 bits per heavy atom. The lowest BCUT2D eigenvalue weighted by atomic mass is 9.96. The van der Waals surface area contributed by atoms with Crippen LogP contribution >= 0.6 is 27.3 Å². The lowest BCUT2D eigenvalue weighted by Gasteiger charge is -2.25. The van der Waals surface area contributed by atoms with Crippen molar-refractivity contribution < 1.29 is 19.4 Å². The Balaban J connectivity index is 1.94. The Morgan fingerprint density at radius 2 is 2.08 bits per heavy atom. The monoisotopic (exact) mass is 568 g/mol. The Hall–Kier alpha value is -3.43. The first kappa shape index (κ1) is 25.7. The number of phenols is 1. The van der Waals surface area contributed by atoms with Crippen molar-refractivity contribution in [1.82, 2.24) is 4.57 Å². The van der Waals surface area contributed by atoms with Gasteiger partial charge in [0.1, 0.15) is 11.5 Å². The van der Waals surface area contributed by atoms with Crippen LogP contribution in [0, 0.1) is 0 Å². The first-order chi connectivity index (χ1) is 17.3. The maximum Gasteiger partial charge on any atom is 0.338 e. The quantitative estimate of drug-likeness (QED) is 0.343. The van der Waals surface area contributed by atoms with E-state index in [4.69, 9.17) is 9.47 Å². The summed E-state index contributed by atoms with van der Waals surface area (Å²) in [4.78, 5) is 31.8. The summed E-state index contributed by atoms with van der Waals surface area (Å²) in [6.45, 7) is 7.41. The van der Waals surface area contributed by atoms with E-state index in [1.165, 1.54) is 15.9 Å². The fourth-order valence-electron chi connectivity index (χ4n) is 4.13. The molecule has 0 saturated heterocycles. The lowest BCUT2D eigenvalue weighted by molar-refractivity contribution is -0.139. The van der Waals surface area contributed by atoms with Crippen molar-refractivity contribution in [1.29, 1.82) is 0 Å². The van der Waals surface area contributed by atoms with Crippen molar-refractivity contribution in [2.45, 2.75) is 26.3 Å². The van der Waals surface area contributed by atoms with Crippen molar-refractivity contribution in [2.75, 3.05) is 13.7 Å². The molecule has 0 spiro atoms. The van der Waals surface area contributed by atoms with Crippen molar-refractivity contribution >= 4 is 39.3 Å². The highest BCUT2D eigenvalue weighted by Gasteiger charge is 2.33. The molecule has 0 radical (unpaired) electrons. The average molecular weight is 569 g/mol. The summed E-state index contributed by atoms with van der Waals surface area (Å²) < 4.78 is 13.4. The predicted molar refractivity (Wildman–Crippen MR) is 143 cm³/mol. The van der Waals surface area contributed by atoms with Crippen LogP contribution in [0.1, 0.15) is 36.6 Å². The first-order valence-electron chi connectivity index (χ1n) is 11.2. The molecule has 1 N–H and O–H groups in total. The summed E-state index contributed by atoms with van der Waals surface area (Å²) in [6, 6.07) is 9.88. The molecule has 7 nitrogen and oxygen atoms in total. The fourth-order valence-corrected chi connectivity index (χ4v) is 5.73. The van der Waals surface area contributed by atoms with Crippen molar-refractivity contribution in [3.63, 3.8) is 0 Å². The van der Waals surface area contributed by atoms with Crippen LogP contribution in [0.5, 0.6) is 11.5 Å². The summed E-state index contributed by atoms with van der Waals surface area (Å²) in [5, 5.41) is 10.1. The molecular formula is C27H25BrN2O5S. The summed E-state index contributed by atoms with van der Waals surface area (Å²) in [6.07, 6.45) is 3.98. The molecule has 0 amide bonds. The Kier molecular flexibility index (Phi) is 7.61. The van der Waals surface area contributed by atoms with Crippen molar-refractivity contribution in [3.8, 4) is 11.5 Å². The molecule has 1 aliphatic heterocycles. The van der Waals surface area contributed by atoms with E-state index in [-0.39, 0.29) is 17.9 Å². The maximum absolute atomic E-state index is 13.7. The number of thiazole rings is 1. The van der Waals surface area contributed by atoms with E-state index in [0.717, 1.165) is 5.56 Å². The zero-order valence-electron chi connectivity index (χ0n) is 20.1. The molecule has 0 unspecified atom stereocenters. The third-order valence-electron chi connectivity index (χ3n) is 5.77. The number of ether oxygens (including phenoxy) is 2. The van der Waals surface area contributed by atoms with Gasteiger partial charge in [-0.2, -0.15) is 0 Å². The molecule has 2 heterocycles. The van der Waals surface area contributed by atoms with Crippen LogP contribution < -0.4 is 19.6 Å². The van der Waals surface area contributed by atoms with Crippen LogP contribution in [-0.4, -0.2) is 29.4 Å². The zero-order chi connectivity index (χ0) is 26.0. The number of aromatic hydroxyl groups is 1. The molecule has 0 aliphatic carbocycles. The highest BCUT2D eigenvalue weighted by atomic mass is 79.9. The molecule has 1 aromatic heterocycles. The number of rotatable bonds is 7. The van der Waals surface area contributed by atoms with Gasteiger partial charge < -0.3 is 14.6 Å². The number of carbonyl (C=O) groups is 1. The number of fused-ring (bicyclic) bond motifs is 1. The topological polar surface area (TPSA) is 90.1 Å². The largest absolute Gasteiger partial charge is 0.508 e. The number of methoxy groups -OCH3 is 1. The Labute approximate surface area is 220 Å². The molecule has 0 fully saturated rings. The van der Waals surface area contributed by atoms with Crippen LogP contribution in [-0.2, 0) is 16.0 Å². The molecule has 4 rings (SSSR count). The molecule has 186 valence electrons. The minimum absolute atomic E-state index is 0.174. The van der Waals surface area contributed by atoms with E-state index >= 15 is 0 Å². The van der Waals surface area contributed by atoms with Crippen LogP contribution in [0.4, 0.5) is 0 Å². The standard InChI is InChI=1S/C27H25BrN2O5S/c1-5-7-17-12-16(8-10-20(17)31)13-22-25(32)30-24(18-9-11-21(34-4)19(28)14-18)23(26(33)35-6-2)15(3)29-27(30)36-22/h5,8-14,24,31H,1,6-7H2,2-4H3/b22-13+/t24-/m1/s1. The number of hydrogen-bond acceptors (Lipinski definition) is 7. The van der Waals surface area contributed by atoms with Gasteiger partial charge in [-0.05, 0) is 83.2 Å². The fraction of sp³-hybridized carbons (Fsp3) is 0.222. The molecule has 1 aliphatic rings. The third kappa shape index (κ3) is 4.81. The smallest absolute Gasteiger partial charge is 0.338 e. The number of nitrogens with zero attached hydrogens (tertiary/aromatic N) is 2. The van der Waals surface area contributed by atoms with Gasteiger partial charge in [0.25, 0.3) is 5.56 Å². The minimum Gasteiger partial charge on any atom is -0.508 e. The number of carbonyl (C=O) groups excluding carboxylic acids is 1. The number of phenolic OH excluding ortho intramolecular Hbond substituents is 1. The Bertz CT molecular complexity index is 1570. The van der Waals surface area contributed by atoms with Gasteiger partial charge in [0, 0.05) is 0 Å². The van der Waals surface area contributed by atoms with Gasteiger partial charge in [-0.1, -0.05) is 29.5 Å². The van der Waals surface area contributed by atoms with Crippen LogP contribution in [0.2, 0.25) is 0 Å². The predicted octanol–water partition coefficient (Wildman–Crippen LogP) is 4.00. The normalized spacial score (nSPS) is 15.3. The second-order valence-corrected chi connectivity index (χ2v) is 9.94. The SMILES string of the molecule is C=CCc1cc(/C=c2/sc3n(c2=O)[C@H](c2ccc(OC)c(Br)c2)C(C(=O)OCC)=C(C)N=3)ccc1O. The summed E-state index contributed by atoms with van der Waals surface area (Å²) in [5.41, 5.74) is 2.73. The second-order valence-electron chi connectivity index (χ2n) is 8.08. The van der Waals surface area contributed by atoms with Gasteiger partial charge in [-0.3, -0.25) is 9.36 Å². The van der Waals surface area contributed by atoms with E-state index in [1.807, 2.05) is 18.2 Å². The van der Waals surface area contributed by atoms with Crippen LogP contribution in [0.25, 0.3) is 6.08 Å². The van der Waals surface area contributed by atoms with Crippen LogP contribution in [0.3, 0.4) is 0 Å². The van der Waals surface area contributed by atoms with E-state index < -0.39 is 12.0 Å². The highest BCUT2D eigenvalue weighted by molar-refractivity contribution is 9.10. The average Bonchev–Trinajstić information content (AvgIpc) is 3.14. The van der Waals surface area contributed by atoms with Crippen LogP contribution in [0.15, 0.2) is 74.6 Å². The number of allylic oxidation sites excluding steroid dienone is 2. The number of halogens is 1. The molecule has 3 aromatic rings. The molecule has 1 atom stereocenters. The van der Waals surface area contributed by atoms with Gasteiger partial charge in [0.15, 0.2) is 4.80 Å². The minimum atomic E-state index is -0.721. The second kappa shape index (κ2) is 10.7. The summed E-state index contributed by atoms with van der Waals surface area (Å²) in [7, 11) is 1.57. The Morgan fingerprint density at radius 1 is 1.31 bits per heavy atom. The number of hydrogen-bond donors (Lipinski definition) is 1. The van der Waals surface area contributed by atoms with Gasteiger partial charge in [-0.25, -0.2) is 9.79 Å². The molecule has 2 aromatic carbocycles. The molecular weight excluding hydrogens is 544 g/mol. The number of benzene rings is 2.